The Morgan fingerprint density at radius 2 is 2.17 bits per heavy atom. The van der Waals surface area contributed by atoms with Gasteiger partial charge in [0.25, 0.3) is 0 Å². The Balaban J connectivity index is 2.81. The van der Waals surface area contributed by atoms with Gasteiger partial charge in [-0.3, -0.25) is 0 Å². The molecule has 0 spiro atoms. The summed E-state index contributed by atoms with van der Waals surface area (Å²) in [6, 6.07) is 8.69. The van der Waals surface area contributed by atoms with E-state index in [1.54, 1.807) is 0 Å². The Morgan fingerprint density at radius 1 is 1.44 bits per heavy atom. The molecule has 0 unspecified atom stereocenters. The van der Waals surface area contributed by atoms with Crippen molar-refractivity contribution in [1.29, 1.82) is 5.26 Å². The first-order valence-corrected chi connectivity index (χ1v) is 7.05. The molecule has 0 fully saturated rings. The van der Waals surface area contributed by atoms with Crippen LogP contribution in [0, 0.1) is 11.3 Å². The fraction of sp³-hybridized carbons (Fsp3) is 0.500. The molecule has 98 valence electrons. The minimum atomic E-state index is 0.389. The van der Waals surface area contributed by atoms with Gasteiger partial charge >= 0.3 is 0 Å². The van der Waals surface area contributed by atoms with Crippen LogP contribution in [0.4, 0.5) is 5.69 Å². The second-order valence-corrected chi connectivity index (χ2v) is 5.28. The molecule has 1 rings (SSSR count). The molecule has 1 aromatic rings. The van der Waals surface area contributed by atoms with Crippen LogP contribution in [0.2, 0.25) is 0 Å². The Bertz CT molecular complexity index is 426. The van der Waals surface area contributed by atoms with Gasteiger partial charge in [-0.15, -0.1) is 0 Å². The summed E-state index contributed by atoms with van der Waals surface area (Å²) in [6.45, 7) is 4.36. The van der Waals surface area contributed by atoms with Gasteiger partial charge in [-0.25, -0.2) is 0 Å². The van der Waals surface area contributed by atoms with Crippen LogP contribution in [-0.4, -0.2) is 19.1 Å². The summed E-state index contributed by atoms with van der Waals surface area (Å²) in [5.41, 5.74) is 1.70. The number of anilines is 1. The number of likely N-dealkylation sites (N-methyl/N-ethyl adjacent to an activating group) is 1. The van der Waals surface area contributed by atoms with Crippen molar-refractivity contribution in [2.45, 2.75) is 38.8 Å². The standard InChI is InChI=1S/C14H20BrN3/c1-4-5-14(10(2)17-3)18-12-7-6-11(9-16)13(15)8-12/h6-8,10,14,17-18H,4-5H2,1-3H3/t10-,14+/m0/s1. The summed E-state index contributed by atoms with van der Waals surface area (Å²) in [5.74, 6) is 0. The molecule has 0 aliphatic heterocycles. The van der Waals surface area contributed by atoms with Crippen molar-refractivity contribution in [2.24, 2.45) is 0 Å². The van der Waals surface area contributed by atoms with Gasteiger partial charge in [-0.1, -0.05) is 13.3 Å². The lowest BCUT2D eigenvalue weighted by atomic mass is 10.0. The van der Waals surface area contributed by atoms with Gasteiger partial charge in [0.05, 0.1) is 5.56 Å². The highest BCUT2D eigenvalue weighted by atomic mass is 79.9. The molecular formula is C14H20BrN3. The van der Waals surface area contributed by atoms with E-state index in [1.165, 1.54) is 0 Å². The molecule has 2 atom stereocenters. The second kappa shape index (κ2) is 7.40. The Labute approximate surface area is 118 Å². The van der Waals surface area contributed by atoms with E-state index in [1.807, 2.05) is 25.2 Å². The van der Waals surface area contributed by atoms with E-state index in [-0.39, 0.29) is 0 Å². The molecule has 0 aliphatic rings. The normalized spacial score (nSPS) is 13.7. The molecule has 1 aromatic carbocycles. The topological polar surface area (TPSA) is 47.9 Å². The molecule has 0 bridgehead atoms. The summed E-state index contributed by atoms with van der Waals surface area (Å²) >= 11 is 3.41. The molecule has 0 saturated carbocycles. The van der Waals surface area contributed by atoms with Gasteiger partial charge in [0.2, 0.25) is 0 Å². The molecule has 0 amide bonds. The van der Waals surface area contributed by atoms with Crippen LogP contribution in [0.3, 0.4) is 0 Å². The lowest BCUT2D eigenvalue weighted by Crippen LogP contribution is -2.40. The molecule has 0 aromatic heterocycles. The van der Waals surface area contributed by atoms with Crippen molar-refractivity contribution in [3.8, 4) is 6.07 Å². The zero-order valence-electron chi connectivity index (χ0n) is 11.1. The number of rotatable bonds is 6. The van der Waals surface area contributed by atoms with E-state index >= 15 is 0 Å². The highest BCUT2D eigenvalue weighted by Crippen LogP contribution is 2.22. The van der Waals surface area contributed by atoms with Gasteiger partial charge in [0.1, 0.15) is 6.07 Å². The van der Waals surface area contributed by atoms with Gasteiger partial charge in [-0.2, -0.15) is 5.26 Å². The zero-order chi connectivity index (χ0) is 13.5. The molecule has 2 N–H and O–H groups in total. The van der Waals surface area contributed by atoms with Gasteiger partial charge in [0.15, 0.2) is 0 Å². The fourth-order valence-electron chi connectivity index (χ4n) is 1.87. The molecule has 0 radical (unpaired) electrons. The first-order valence-electron chi connectivity index (χ1n) is 6.25. The maximum absolute atomic E-state index is 8.89. The Hall–Kier alpha value is -1.05. The van der Waals surface area contributed by atoms with Crippen molar-refractivity contribution in [3.05, 3.63) is 28.2 Å². The molecule has 3 nitrogen and oxygen atoms in total. The summed E-state index contributed by atoms with van der Waals surface area (Å²) in [4.78, 5) is 0. The first-order chi connectivity index (χ1) is 8.62. The maximum Gasteiger partial charge on any atom is 0.100 e. The van der Waals surface area contributed by atoms with E-state index in [2.05, 4.69) is 46.5 Å². The van der Waals surface area contributed by atoms with Crippen molar-refractivity contribution >= 4 is 21.6 Å². The van der Waals surface area contributed by atoms with Crippen LogP contribution in [0.15, 0.2) is 22.7 Å². The van der Waals surface area contributed by atoms with Gasteiger partial charge < -0.3 is 10.6 Å². The number of nitrogens with one attached hydrogen (secondary N) is 2. The molecule has 0 aliphatic carbocycles. The minimum absolute atomic E-state index is 0.389. The first kappa shape index (κ1) is 15.0. The molecule has 0 heterocycles. The predicted molar refractivity (Wildman–Crippen MR) is 79.7 cm³/mol. The average molecular weight is 310 g/mol. The lowest BCUT2D eigenvalue weighted by Gasteiger charge is -2.25. The van der Waals surface area contributed by atoms with Crippen LogP contribution in [0.25, 0.3) is 0 Å². The van der Waals surface area contributed by atoms with E-state index < -0.39 is 0 Å². The minimum Gasteiger partial charge on any atom is -0.381 e. The molecule has 4 heteroatoms. The van der Waals surface area contributed by atoms with Crippen LogP contribution in [0.1, 0.15) is 32.3 Å². The zero-order valence-corrected chi connectivity index (χ0v) is 12.7. The van der Waals surface area contributed by atoms with E-state index in [0.29, 0.717) is 17.6 Å². The molecule has 0 saturated heterocycles. The Kier molecular flexibility index (Phi) is 6.17. The average Bonchev–Trinajstić information content (AvgIpc) is 2.37. The lowest BCUT2D eigenvalue weighted by molar-refractivity contribution is 0.486. The monoisotopic (exact) mass is 309 g/mol. The number of nitriles is 1. The third-order valence-corrected chi connectivity index (χ3v) is 3.76. The highest BCUT2D eigenvalue weighted by Gasteiger charge is 2.14. The van der Waals surface area contributed by atoms with Crippen molar-refractivity contribution in [1.82, 2.24) is 5.32 Å². The van der Waals surface area contributed by atoms with Crippen LogP contribution < -0.4 is 10.6 Å². The SMILES string of the molecule is CCC[C@@H](Nc1ccc(C#N)c(Br)c1)[C@H](C)NC. The van der Waals surface area contributed by atoms with E-state index in [0.717, 1.165) is 23.0 Å². The van der Waals surface area contributed by atoms with Gasteiger partial charge in [-0.05, 0) is 54.5 Å². The summed E-state index contributed by atoms with van der Waals surface area (Å²) < 4.78 is 0.836. The van der Waals surface area contributed by atoms with Crippen molar-refractivity contribution in [2.75, 3.05) is 12.4 Å². The number of hydrogen-bond acceptors (Lipinski definition) is 3. The van der Waals surface area contributed by atoms with E-state index in [9.17, 15) is 0 Å². The number of hydrogen-bond donors (Lipinski definition) is 2. The molecule has 18 heavy (non-hydrogen) atoms. The van der Waals surface area contributed by atoms with Crippen molar-refractivity contribution < 1.29 is 0 Å². The molecular weight excluding hydrogens is 290 g/mol. The van der Waals surface area contributed by atoms with Crippen LogP contribution in [0.5, 0.6) is 0 Å². The van der Waals surface area contributed by atoms with Crippen molar-refractivity contribution in [3.63, 3.8) is 0 Å². The third kappa shape index (κ3) is 4.01. The quantitative estimate of drug-likeness (QED) is 0.845. The van der Waals surface area contributed by atoms with Gasteiger partial charge in [0, 0.05) is 22.2 Å². The highest BCUT2D eigenvalue weighted by molar-refractivity contribution is 9.10. The fourth-order valence-corrected chi connectivity index (χ4v) is 2.34. The largest absolute Gasteiger partial charge is 0.381 e. The number of halogens is 1. The number of nitrogens with zero attached hydrogens (tertiary/aromatic N) is 1. The Morgan fingerprint density at radius 3 is 2.67 bits per heavy atom. The van der Waals surface area contributed by atoms with Crippen LogP contribution in [-0.2, 0) is 0 Å². The number of benzene rings is 1. The second-order valence-electron chi connectivity index (χ2n) is 4.42. The summed E-state index contributed by atoms with van der Waals surface area (Å²) in [5, 5.41) is 15.7. The third-order valence-electron chi connectivity index (χ3n) is 3.10. The summed E-state index contributed by atoms with van der Waals surface area (Å²) in [7, 11) is 1.98. The maximum atomic E-state index is 8.89. The van der Waals surface area contributed by atoms with E-state index in [4.69, 9.17) is 5.26 Å². The predicted octanol–water partition coefficient (Wildman–Crippen LogP) is 3.51. The smallest absolute Gasteiger partial charge is 0.100 e. The summed E-state index contributed by atoms with van der Waals surface area (Å²) in [6.07, 6.45) is 2.25. The van der Waals surface area contributed by atoms with Crippen LogP contribution >= 0.6 is 15.9 Å².